The molecule has 4 nitrogen and oxygen atoms in total. The molecule has 0 saturated heterocycles. The van der Waals surface area contributed by atoms with E-state index in [0.29, 0.717) is 0 Å². The highest BCUT2D eigenvalue weighted by Gasteiger charge is 2.08. The molecule has 1 N–H and O–H groups in total. The molecule has 106 valence electrons. The number of carboxylic acid groups (broad SMARTS) is 1. The zero-order chi connectivity index (χ0) is 15.4. The topological polar surface area (TPSA) is 64.3 Å². The molecular formula is C16H14N2O2S. The minimum Gasteiger partial charge on any atom is -0.477 e. The van der Waals surface area contributed by atoms with Crippen LogP contribution in [0.5, 0.6) is 0 Å². The van der Waals surface area contributed by atoms with Crippen molar-refractivity contribution in [2.45, 2.75) is 0 Å². The number of anilines is 1. The van der Waals surface area contributed by atoms with Crippen LogP contribution in [0.3, 0.4) is 0 Å². The van der Waals surface area contributed by atoms with E-state index >= 15 is 0 Å². The summed E-state index contributed by atoms with van der Waals surface area (Å²) in [7, 11) is 3.97. The first-order valence-electron chi connectivity index (χ1n) is 6.24. The molecule has 0 unspecified atom stereocenters. The number of carboxylic acids is 1. The normalized spacial score (nSPS) is 11.0. The Morgan fingerprint density at radius 2 is 1.90 bits per heavy atom. The second-order valence-corrected chi connectivity index (χ2v) is 5.73. The molecule has 2 aromatic rings. The summed E-state index contributed by atoms with van der Waals surface area (Å²) in [4.78, 5) is 14.6. The Balaban J connectivity index is 2.28. The number of benzene rings is 1. The summed E-state index contributed by atoms with van der Waals surface area (Å²) in [6.07, 6.45) is 1.39. The maximum Gasteiger partial charge on any atom is 0.346 e. The molecule has 0 saturated carbocycles. The number of aliphatic carboxylic acids is 1. The highest BCUT2D eigenvalue weighted by atomic mass is 32.1. The van der Waals surface area contributed by atoms with E-state index in [1.807, 2.05) is 55.4 Å². The summed E-state index contributed by atoms with van der Waals surface area (Å²) in [6, 6.07) is 13.5. The fraction of sp³-hybridized carbons (Fsp3) is 0.125. The van der Waals surface area contributed by atoms with Crippen molar-refractivity contribution in [1.29, 1.82) is 5.26 Å². The molecule has 0 fully saturated rings. The lowest BCUT2D eigenvalue weighted by Gasteiger charge is -2.12. The smallest absolute Gasteiger partial charge is 0.346 e. The number of thiophene rings is 1. The predicted octanol–water partition coefficient (Wildman–Crippen LogP) is 3.47. The minimum absolute atomic E-state index is 0.258. The van der Waals surface area contributed by atoms with Crippen molar-refractivity contribution in [3.05, 3.63) is 46.8 Å². The van der Waals surface area contributed by atoms with Crippen molar-refractivity contribution < 1.29 is 9.90 Å². The van der Waals surface area contributed by atoms with Crippen LogP contribution in [-0.2, 0) is 4.79 Å². The second-order valence-electron chi connectivity index (χ2n) is 4.62. The first kappa shape index (κ1) is 14.8. The van der Waals surface area contributed by atoms with Gasteiger partial charge in [0.2, 0.25) is 0 Å². The van der Waals surface area contributed by atoms with Gasteiger partial charge in [0, 0.05) is 29.5 Å². The van der Waals surface area contributed by atoms with Crippen LogP contribution < -0.4 is 4.90 Å². The van der Waals surface area contributed by atoms with Gasteiger partial charge in [-0.25, -0.2) is 4.79 Å². The van der Waals surface area contributed by atoms with E-state index in [4.69, 9.17) is 10.4 Å². The molecule has 2 rings (SSSR count). The summed E-state index contributed by atoms with van der Waals surface area (Å²) in [5.74, 6) is -1.21. The first-order valence-corrected chi connectivity index (χ1v) is 7.05. The number of hydrogen-bond acceptors (Lipinski definition) is 4. The zero-order valence-electron chi connectivity index (χ0n) is 11.7. The van der Waals surface area contributed by atoms with Gasteiger partial charge in [0.1, 0.15) is 11.6 Å². The lowest BCUT2D eigenvalue weighted by molar-refractivity contribution is -0.132. The maximum absolute atomic E-state index is 10.8. The number of rotatable bonds is 4. The number of nitriles is 1. The van der Waals surface area contributed by atoms with E-state index in [-0.39, 0.29) is 5.57 Å². The molecule has 0 aliphatic heterocycles. The van der Waals surface area contributed by atoms with Gasteiger partial charge in [-0.15, -0.1) is 11.3 Å². The average molecular weight is 298 g/mol. The maximum atomic E-state index is 10.8. The molecule has 0 radical (unpaired) electrons. The first-order chi connectivity index (χ1) is 10.0. The van der Waals surface area contributed by atoms with E-state index in [9.17, 15) is 4.79 Å². The van der Waals surface area contributed by atoms with Crippen LogP contribution in [0.4, 0.5) is 5.69 Å². The highest BCUT2D eigenvalue weighted by molar-refractivity contribution is 7.16. The molecule has 21 heavy (non-hydrogen) atoms. The third-order valence-corrected chi connectivity index (χ3v) is 4.01. The van der Waals surface area contributed by atoms with Gasteiger partial charge in [0.25, 0.3) is 0 Å². The lowest BCUT2D eigenvalue weighted by atomic mass is 10.1. The van der Waals surface area contributed by atoms with Crippen LogP contribution in [0.1, 0.15) is 4.88 Å². The number of hydrogen-bond donors (Lipinski definition) is 1. The van der Waals surface area contributed by atoms with E-state index in [0.717, 1.165) is 21.0 Å². The molecule has 1 aromatic heterocycles. The fourth-order valence-electron chi connectivity index (χ4n) is 1.79. The van der Waals surface area contributed by atoms with Crippen LogP contribution in [-0.4, -0.2) is 25.2 Å². The third kappa shape index (κ3) is 3.50. The van der Waals surface area contributed by atoms with Crippen molar-refractivity contribution in [2.24, 2.45) is 0 Å². The molecule has 0 spiro atoms. The standard InChI is InChI=1S/C16H14N2O2S/c1-18(2)13-5-3-11(4-6-13)15-8-7-14(21-15)9-12(10-17)16(19)20/h3-9H,1-2H3,(H,19,20). The molecule has 1 heterocycles. The Morgan fingerprint density at radius 1 is 1.24 bits per heavy atom. The molecule has 0 atom stereocenters. The van der Waals surface area contributed by atoms with E-state index < -0.39 is 5.97 Å². The summed E-state index contributed by atoms with van der Waals surface area (Å²) >= 11 is 1.46. The number of nitrogens with zero attached hydrogens (tertiary/aromatic N) is 2. The van der Waals surface area contributed by atoms with Gasteiger partial charge in [-0.2, -0.15) is 5.26 Å². The van der Waals surface area contributed by atoms with Crippen molar-refractivity contribution in [2.75, 3.05) is 19.0 Å². The van der Waals surface area contributed by atoms with Gasteiger partial charge in [0.15, 0.2) is 0 Å². The summed E-state index contributed by atoms with van der Waals surface area (Å²) in [5, 5.41) is 17.6. The minimum atomic E-state index is -1.21. The van der Waals surface area contributed by atoms with Gasteiger partial charge in [0.05, 0.1) is 0 Å². The second kappa shape index (κ2) is 6.25. The molecule has 1 aromatic carbocycles. The largest absolute Gasteiger partial charge is 0.477 e. The Kier molecular flexibility index (Phi) is 4.41. The summed E-state index contributed by atoms with van der Waals surface area (Å²) < 4.78 is 0. The molecule has 0 bridgehead atoms. The van der Waals surface area contributed by atoms with E-state index in [2.05, 4.69) is 0 Å². The number of carbonyl (C=O) groups is 1. The van der Waals surface area contributed by atoms with Crippen LogP contribution in [0.15, 0.2) is 42.0 Å². The lowest BCUT2D eigenvalue weighted by Crippen LogP contribution is -2.07. The van der Waals surface area contributed by atoms with Crippen molar-refractivity contribution in [3.63, 3.8) is 0 Å². The SMILES string of the molecule is CN(C)c1ccc(-c2ccc(C=C(C#N)C(=O)O)s2)cc1. The monoisotopic (exact) mass is 298 g/mol. The van der Waals surface area contributed by atoms with Crippen LogP contribution in [0.25, 0.3) is 16.5 Å². The van der Waals surface area contributed by atoms with Gasteiger partial charge < -0.3 is 10.0 Å². The van der Waals surface area contributed by atoms with Crippen molar-refractivity contribution in [3.8, 4) is 16.5 Å². The predicted molar refractivity (Wildman–Crippen MR) is 85.3 cm³/mol. The molecular weight excluding hydrogens is 284 g/mol. The molecule has 5 heteroatoms. The van der Waals surface area contributed by atoms with Crippen LogP contribution >= 0.6 is 11.3 Å². The fourth-order valence-corrected chi connectivity index (χ4v) is 2.75. The van der Waals surface area contributed by atoms with Gasteiger partial charge in [-0.1, -0.05) is 12.1 Å². The van der Waals surface area contributed by atoms with E-state index in [1.165, 1.54) is 17.4 Å². The van der Waals surface area contributed by atoms with Crippen molar-refractivity contribution in [1.82, 2.24) is 0 Å². The molecule has 0 aliphatic rings. The molecule has 0 aliphatic carbocycles. The van der Waals surface area contributed by atoms with E-state index in [1.54, 1.807) is 6.07 Å². The highest BCUT2D eigenvalue weighted by Crippen LogP contribution is 2.30. The van der Waals surface area contributed by atoms with Crippen molar-refractivity contribution >= 4 is 29.1 Å². The molecule has 0 amide bonds. The average Bonchev–Trinajstić information content (AvgIpc) is 2.93. The Labute approximate surface area is 127 Å². The quantitative estimate of drug-likeness (QED) is 0.693. The van der Waals surface area contributed by atoms with Gasteiger partial charge >= 0.3 is 5.97 Å². The zero-order valence-corrected chi connectivity index (χ0v) is 12.5. The van der Waals surface area contributed by atoms with Crippen LogP contribution in [0.2, 0.25) is 0 Å². The summed E-state index contributed by atoms with van der Waals surface area (Å²) in [5.41, 5.74) is 1.93. The van der Waals surface area contributed by atoms with Gasteiger partial charge in [-0.05, 0) is 35.9 Å². The van der Waals surface area contributed by atoms with Crippen LogP contribution in [0, 0.1) is 11.3 Å². The Hall–Kier alpha value is -2.58. The van der Waals surface area contributed by atoms with Gasteiger partial charge in [-0.3, -0.25) is 0 Å². The summed E-state index contributed by atoms with van der Waals surface area (Å²) in [6.45, 7) is 0. The Morgan fingerprint density at radius 3 is 2.43 bits per heavy atom. The third-order valence-electron chi connectivity index (χ3n) is 2.93. The Bertz CT molecular complexity index is 721.